The third-order valence-electron chi connectivity index (χ3n) is 4.01. The number of rotatable bonds is 6. The van der Waals surface area contributed by atoms with Crippen molar-refractivity contribution in [1.82, 2.24) is 4.90 Å². The topological polar surface area (TPSA) is 78.5 Å². The molecule has 3 amide bonds. The fraction of sp³-hybridized carbons (Fsp3) is 0.0952. The summed E-state index contributed by atoms with van der Waals surface area (Å²) in [7, 11) is 1.54. The van der Waals surface area contributed by atoms with Crippen molar-refractivity contribution >= 4 is 52.0 Å². The zero-order chi connectivity index (χ0) is 20.8. The molecule has 0 saturated carbocycles. The number of amides is 3. The molecule has 0 unspecified atom stereocenters. The Morgan fingerprint density at radius 2 is 1.69 bits per heavy atom. The monoisotopic (exact) mass is 427 g/mol. The van der Waals surface area contributed by atoms with Crippen molar-refractivity contribution in [3.8, 4) is 0 Å². The molecule has 0 radical (unpaired) electrons. The van der Waals surface area contributed by atoms with E-state index in [1.54, 1.807) is 67.7 Å². The van der Waals surface area contributed by atoms with Gasteiger partial charge in [-0.25, -0.2) is 0 Å². The van der Waals surface area contributed by atoms with Gasteiger partial charge in [0, 0.05) is 18.3 Å². The number of nitrogens with zero attached hydrogens (tertiary/aromatic N) is 1. The number of likely N-dealkylation sites (N-methyl/N-ethyl adjacent to an activating group) is 1. The number of anilines is 2. The molecular weight excluding hydrogens is 410 g/mol. The van der Waals surface area contributed by atoms with E-state index in [-0.39, 0.29) is 24.3 Å². The smallest absolute Gasteiger partial charge is 0.265 e. The summed E-state index contributed by atoms with van der Waals surface area (Å²) in [6, 6.07) is 16.9. The number of thiophene rings is 1. The van der Waals surface area contributed by atoms with E-state index in [9.17, 15) is 14.4 Å². The SMILES string of the molecule is CN(CC(=O)Nc1ccccc1Cl)C(=O)c1ccc(NC(=O)c2cccs2)cc1. The van der Waals surface area contributed by atoms with Crippen molar-refractivity contribution in [3.05, 3.63) is 81.5 Å². The van der Waals surface area contributed by atoms with Crippen molar-refractivity contribution in [3.63, 3.8) is 0 Å². The van der Waals surface area contributed by atoms with Gasteiger partial charge in [-0.15, -0.1) is 11.3 Å². The summed E-state index contributed by atoms with van der Waals surface area (Å²) in [5.41, 5.74) is 1.48. The number of carbonyl (C=O) groups is 3. The van der Waals surface area contributed by atoms with Crippen molar-refractivity contribution in [2.75, 3.05) is 24.2 Å². The van der Waals surface area contributed by atoms with Crippen LogP contribution in [0.1, 0.15) is 20.0 Å². The molecule has 29 heavy (non-hydrogen) atoms. The summed E-state index contributed by atoms with van der Waals surface area (Å²) in [5, 5.41) is 7.71. The third kappa shape index (κ3) is 5.43. The Morgan fingerprint density at radius 1 is 0.966 bits per heavy atom. The molecule has 148 valence electrons. The molecule has 0 aliphatic rings. The van der Waals surface area contributed by atoms with Gasteiger partial charge in [0.2, 0.25) is 5.91 Å². The molecule has 0 fully saturated rings. The fourth-order valence-electron chi connectivity index (χ4n) is 2.56. The van der Waals surface area contributed by atoms with Gasteiger partial charge in [-0.3, -0.25) is 14.4 Å². The maximum atomic E-state index is 12.6. The predicted molar refractivity (Wildman–Crippen MR) is 116 cm³/mol. The van der Waals surface area contributed by atoms with Gasteiger partial charge in [0.1, 0.15) is 0 Å². The standard InChI is InChI=1S/C21H18ClN3O3S/c1-25(13-19(26)24-17-6-3-2-5-16(17)22)21(28)14-8-10-15(11-9-14)23-20(27)18-7-4-12-29-18/h2-12H,13H2,1H3,(H,23,27)(H,24,26). The van der Waals surface area contributed by atoms with E-state index in [1.807, 2.05) is 5.38 Å². The molecule has 0 bridgehead atoms. The average Bonchev–Trinajstić information content (AvgIpc) is 3.25. The summed E-state index contributed by atoms with van der Waals surface area (Å²) in [6.45, 7) is -0.124. The first-order valence-electron chi connectivity index (χ1n) is 8.69. The third-order valence-corrected chi connectivity index (χ3v) is 5.21. The maximum absolute atomic E-state index is 12.6. The average molecular weight is 428 g/mol. The van der Waals surface area contributed by atoms with E-state index in [4.69, 9.17) is 11.6 Å². The summed E-state index contributed by atoms with van der Waals surface area (Å²) in [6.07, 6.45) is 0. The fourth-order valence-corrected chi connectivity index (χ4v) is 3.36. The molecule has 1 aromatic heterocycles. The van der Waals surface area contributed by atoms with Crippen LogP contribution in [-0.2, 0) is 4.79 Å². The van der Waals surface area contributed by atoms with E-state index in [1.165, 1.54) is 16.2 Å². The lowest BCUT2D eigenvalue weighted by Crippen LogP contribution is -2.35. The minimum Gasteiger partial charge on any atom is -0.332 e. The molecule has 2 N–H and O–H groups in total. The number of hydrogen-bond donors (Lipinski definition) is 2. The number of carbonyl (C=O) groups excluding carboxylic acids is 3. The lowest BCUT2D eigenvalue weighted by Gasteiger charge is -2.17. The normalized spacial score (nSPS) is 10.3. The molecule has 6 nitrogen and oxygen atoms in total. The molecular formula is C21H18ClN3O3S. The zero-order valence-electron chi connectivity index (χ0n) is 15.5. The Kier molecular flexibility index (Phi) is 6.64. The maximum Gasteiger partial charge on any atom is 0.265 e. The molecule has 0 aliphatic carbocycles. The van der Waals surface area contributed by atoms with Gasteiger partial charge in [-0.05, 0) is 47.8 Å². The molecule has 1 heterocycles. The summed E-state index contributed by atoms with van der Waals surface area (Å²) < 4.78 is 0. The van der Waals surface area contributed by atoms with Crippen LogP contribution in [0.4, 0.5) is 11.4 Å². The molecule has 0 spiro atoms. The number of halogens is 1. The second-order valence-corrected chi connectivity index (χ2v) is 7.55. The molecule has 0 saturated heterocycles. The highest BCUT2D eigenvalue weighted by Crippen LogP contribution is 2.20. The van der Waals surface area contributed by atoms with Crippen LogP contribution < -0.4 is 10.6 Å². The van der Waals surface area contributed by atoms with E-state index in [2.05, 4.69) is 10.6 Å². The first kappa shape index (κ1) is 20.6. The minimum absolute atomic E-state index is 0.124. The molecule has 8 heteroatoms. The largest absolute Gasteiger partial charge is 0.332 e. The lowest BCUT2D eigenvalue weighted by atomic mass is 10.2. The van der Waals surface area contributed by atoms with Crippen LogP contribution in [0.3, 0.4) is 0 Å². The van der Waals surface area contributed by atoms with Crippen LogP contribution in [0.2, 0.25) is 5.02 Å². The Hall–Kier alpha value is -3.16. The summed E-state index contributed by atoms with van der Waals surface area (Å²) >= 11 is 7.37. The summed E-state index contributed by atoms with van der Waals surface area (Å²) in [5.74, 6) is -0.864. The minimum atomic E-state index is -0.353. The van der Waals surface area contributed by atoms with Gasteiger partial charge < -0.3 is 15.5 Å². The second kappa shape index (κ2) is 9.36. The molecule has 0 atom stereocenters. The zero-order valence-corrected chi connectivity index (χ0v) is 17.1. The Morgan fingerprint density at radius 3 is 2.34 bits per heavy atom. The Labute approximate surface area is 177 Å². The number of para-hydroxylation sites is 1. The van der Waals surface area contributed by atoms with Gasteiger partial charge in [0.25, 0.3) is 11.8 Å². The second-order valence-electron chi connectivity index (χ2n) is 6.20. The van der Waals surface area contributed by atoms with Gasteiger partial charge in [-0.2, -0.15) is 0 Å². The highest BCUT2D eigenvalue weighted by atomic mass is 35.5. The van der Waals surface area contributed by atoms with E-state index < -0.39 is 0 Å². The molecule has 0 aliphatic heterocycles. The van der Waals surface area contributed by atoms with Gasteiger partial charge >= 0.3 is 0 Å². The highest BCUT2D eigenvalue weighted by Gasteiger charge is 2.16. The van der Waals surface area contributed by atoms with E-state index in [0.717, 1.165) is 0 Å². The quantitative estimate of drug-likeness (QED) is 0.613. The van der Waals surface area contributed by atoms with Crippen LogP contribution in [0.15, 0.2) is 66.0 Å². The molecule has 2 aromatic carbocycles. The van der Waals surface area contributed by atoms with Crippen LogP contribution >= 0.6 is 22.9 Å². The first-order valence-corrected chi connectivity index (χ1v) is 9.94. The van der Waals surface area contributed by atoms with Gasteiger partial charge in [-0.1, -0.05) is 29.8 Å². The predicted octanol–water partition coefficient (Wildman–Crippen LogP) is 4.36. The van der Waals surface area contributed by atoms with E-state index in [0.29, 0.717) is 26.8 Å². The van der Waals surface area contributed by atoms with Gasteiger partial charge in [0.15, 0.2) is 0 Å². The molecule has 3 rings (SSSR count). The van der Waals surface area contributed by atoms with Crippen molar-refractivity contribution in [2.45, 2.75) is 0 Å². The lowest BCUT2D eigenvalue weighted by molar-refractivity contribution is -0.116. The number of hydrogen-bond acceptors (Lipinski definition) is 4. The number of nitrogens with one attached hydrogen (secondary N) is 2. The van der Waals surface area contributed by atoms with Gasteiger partial charge in [0.05, 0.1) is 22.1 Å². The highest BCUT2D eigenvalue weighted by molar-refractivity contribution is 7.12. The van der Waals surface area contributed by atoms with E-state index >= 15 is 0 Å². The van der Waals surface area contributed by atoms with Crippen molar-refractivity contribution in [1.29, 1.82) is 0 Å². The Bertz CT molecular complexity index is 1020. The molecule has 3 aromatic rings. The van der Waals surface area contributed by atoms with Crippen LogP contribution in [0, 0.1) is 0 Å². The van der Waals surface area contributed by atoms with Crippen LogP contribution in [-0.4, -0.2) is 36.2 Å². The summed E-state index contributed by atoms with van der Waals surface area (Å²) in [4.78, 5) is 38.7. The van der Waals surface area contributed by atoms with Crippen molar-refractivity contribution in [2.24, 2.45) is 0 Å². The van der Waals surface area contributed by atoms with Crippen LogP contribution in [0.5, 0.6) is 0 Å². The van der Waals surface area contributed by atoms with Crippen LogP contribution in [0.25, 0.3) is 0 Å². The first-order chi connectivity index (χ1) is 13.9. The van der Waals surface area contributed by atoms with Crippen molar-refractivity contribution < 1.29 is 14.4 Å². The Balaban J connectivity index is 1.57. The number of benzene rings is 2.